The van der Waals surface area contributed by atoms with Crippen molar-refractivity contribution in [1.29, 1.82) is 0 Å². The zero-order chi connectivity index (χ0) is 19.4. The van der Waals surface area contributed by atoms with Crippen LogP contribution in [0.15, 0.2) is 68.0 Å². The fraction of sp³-hybridized carbons (Fsp3) is 0.286. The number of rotatable bonds is 7. The molecule has 142 valence electrons. The minimum absolute atomic E-state index is 0.00281. The number of nitrogens with zero attached hydrogens (tertiary/aromatic N) is 1. The van der Waals surface area contributed by atoms with Gasteiger partial charge in [0, 0.05) is 11.3 Å². The second-order valence-electron chi connectivity index (χ2n) is 6.50. The Morgan fingerprint density at radius 1 is 0.963 bits per heavy atom. The zero-order valence-electron chi connectivity index (χ0n) is 15.7. The second kappa shape index (κ2) is 8.31. The third kappa shape index (κ3) is 4.45. The molecule has 0 radical (unpaired) electrons. The summed E-state index contributed by atoms with van der Waals surface area (Å²) in [7, 11) is -3.74. The third-order valence-corrected chi connectivity index (χ3v) is 7.02. The van der Waals surface area contributed by atoms with Gasteiger partial charge in [0.25, 0.3) is 0 Å². The number of aryl methyl sites for hydroxylation is 2. The summed E-state index contributed by atoms with van der Waals surface area (Å²) in [4.78, 5) is 4.61. The highest BCUT2D eigenvalue weighted by atomic mass is 32.2. The van der Waals surface area contributed by atoms with Gasteiger partial charge in [0.05, 0.1) is 4.90 Å². The van der Waals surface area contributed by atoms with Crippen molar-refractivity contribution in [1.82, 2.24) is 4.98 Å². The molecule has 0 aliphatic heterocycles. The van der Waals surface area contributed by atoms with Crippen molar-refractivity contribution in [2.45, 2.75) is 48.6 Å². The van der Waals surface area contributed by atoms with Crippen molar-refractivity contribution >= 4 is 21.6 Å². The van der Waals surface area contributed by atoms with E-state index >= 15 is 0 Å². The number of aromatic nitrogens is 1. The maximum absolute atomic E-state index is 13.2. The van der Waals surface area contributed by atoms with Gasteiger partial charge in [0.1, 0.15) is 0 Å². The number of hydrogen-bond acceptors (Lipinski definition) is 5. The van der Waals surface area contributed by atoms with Gasteiger partial charge in [-0.2, -0.15) is 4.98 Å². The molecule has 3 aromatic rings. The molecule has 0 amide bonds. The van der Waals surface area contributed by atoms with E-state index < -0.39 is 9.84 Å². The van der Waals surface area contributed by atoms with Crippen molar-refractivity contribution in [3.63, 3.8) is 0 Å². The van der Waals surface area contributed by atoms with E-state index in [4.69, 9.17) is 4.42 Å². The topological polar surface area (TPSA) is 60.2 Å². The number of unbranched alkanes of at least 4 members (excludes halogenated alkanes) is 1. The Labute approximate surface area is 164 Å². The Bertz CT molecular complexity index is 1000. The molecule has 0 N–H and O–H groups in total. The lowest BCUT2D eigenvalue weighted by Gasteiger charge is -2.03. The Morgan fingerprint density at radius 2 is 1.56 bits per heavy atom. The summed E-state index contributed by atoms with van der Waals surface area (Å²) in [5.74, 6) is 1.12. The van der Waals surface area contributed by atoms with Crippen LogP contribution >= 0.6 is 11.8 Å². The molecule has 0 atom stereocenters. The van der Waals surface area contributed by atoms with Crippen molar-refractivity contribution < 1.29 is 12.8 Å². The first-order valence-corrected chi connectivity index (χ1v) is 11.4. The van der Waals surface area contributed by atoms with Crippen LogP contribution in [0.2, 0.25) is 0 Å². The number of benzene rings is 2. The van der Waals surface area contributed by atoms with Gasteiger partial charge in [-0.1, -0.05) is 60.5 Å². The van der Waals surface area contributed by atoms with Crippen molar-refractivity contribution in [3.8, 4) is 11.5 Å². The molecule has 1 heterocycles. The summed E-state index contributed by atoms with van der Waals surface area (Å²) in [5.41, 5.74) is 2.89. The molecule has 27 heavy (non-hydrogen) atoms. The number of hydrogen-bond donors (Lipinski definition) is 0. The monoisotopic (exact) mass is 401 g/mol. The van der Waals surface area contributed by atoms with Gasteiger partial charge in [0.2, 0.25) is 25.8 Å². The quantitative estimate of drug-likeness (QED) is 0.376. The average molecular weight is 402 g/mol. The first kappa shape index (κ1) is 19.7. The number of sulfone groups is 1. The first-order valence-electron chi connectivity index (χ1n) is 8.94. The van der Waals surface area contributed by atoms with Gasteiger partial charge in [-0.3, -0.25) is 0 Å². The van der Waals surface area contributed by atoms with E-state index in [9.17, 15) is 8.42 Å². The minimum Gasteiger partial charge on any atom is -0.428 e. The van der Waals surface area contributed by atoms with Crippen molar-refractivity contribution in [2.75, 3.05) is 5.75 Å². The summed E-state index contributed by atoms with van der Waals surface area (Å²) in [6.45, 7) is 6.02. The van der Waals surface area contributed by atoms with Gasteiger partial charge in [-0.25, -0.2) is 8.42 Å². The molecule has 0 unspecified atom stereocenters. The van der Waals surface area contributed by atoms with E-state index in [1.165, 1.54) is 11.8 Å². The van der Waals surface area contributed by atoms with Crippen LogP contribution in [0.3, 0.4) is 0 Å². The summed E-state index contributed by atoms with van der Waals surface area (Å²) >= 11 is 1.41. The fourth-order valence-corrected chi connectivity index (χ4v) is 5.12. The van der Waals surface area contributed by atoms with Crippen LogP contribution in [0.5, 0.6) is 0 Å². The van der Waals surface area contributed by atoms with Crippen molar-refractivity contribution in [3.05, 3.63) is 59.7 Å². The van der Waals surface area contributed by atoms with Crippen LogP contribution < -0.4 is 0 Å². The van der Waals surface area contributed by atoms with Crippen LogP contribution in [0.25, 0.3) is 11.5 Å². The molecule has 0 aliphatic carbocycles. The average Bonchev–Trinajstić information content (AvgIpc) is 3.08. The summed E-state index contributed by atoms with van der Waals surface area (Å²) in [5, 5.41) is 0.364. The highest BCUT2D eigenvalue weighted by Crippen LogP contribution is 2.35. The summed E-state index contributed by atoms with van der Waals surface area (Å²) < 4.78 is 32.2. The maximum atomic E-state index is 13.2. The Kier molecular flexibility index (Phi) is 6.07. The molecule has 6 heteroatoms. The predicted octanol–water partition coefficient (Wildman–Crippen LogP) is 5.68. The summed E-state index contributed by atoms with van der Waals surface area (Å²) in [6, 6.07) is 14.5. The maximum Gasteiger partial charge on any atom is 0.228 e. The van der Waals surface area contributed by atoms with E-state index in [0.717, 1.165) is 35.3 Å². The van der Waals surface area contributed by atoms with Gasteiger partial charge in [-0.15, -0.1) is 0 Å². The van der Waals surface area contributed by atoms with Gasteiger partial charge in [0.15, 0.2) is 0 Å². The van der Waals surface area contributed by atoms with Crippen LogP contribution in [-0.4, -0.2) is 19.2 Å². The zero-order valence-corrected chi connectivity index (χ0v) is 17.4. The molecule has 3 rings (SSSR count). The second-order valence-corrected chi connectivity index (χ2v) is 9.43. The minimum atomic E-state index is -3.74. The van der Waals surface area contributed by atoms with Gasteiger partial charge in [-0.05, 0) is 44.5 Å². The molecule has 2 aromatic carbocycles. The predicted molar refractivity (Wildman–Crippen MR) is 109 cm³/mol. The highest BCUT2D eigenvalue weighted by molar-refractivity contribution is 8.00. The van der Waals surface area contributed by atoms with E-state index in [-0.39, 0.29) is 9.92 Å². The molecule has 0 bridgehead atoms. The smallest absolute Gasteiger partial charge is 0.228 e. The molecule has 4 nitrogen and oxygen atoms in total. The molecule has 0 saturated carbocycles. The summed E-state index contributed by atoms with van der Waals surface area (Å²) in [6.07, 6.45) is 2.02. The van der Waals surface area contributed by atoms with Crippen LogP contribution in [0.4, 0.5) is 0 Å². The van der Waals surface area contributed by atoms with Crippen molar-refractivity contribution in [2.24, 2.45) is 0 Å². The lowest BCUT2D eigenvalue weighted by Crippen LogP contribution is -2.04. The fourth-order valence-electron chi connectivity index (χ4n) is 2.51. The number of thioether (sulfide) groups is 1. The molecule has 0 aliphatic rings. The molecular weight excluding hydrogens is 378 g/mol. The van der Waals surface area contributed by atoms with Gasteiger partial charge < -0.3 is 4.42 Å². The lowest BCUT2D eigenvalue weighted by atomic mass is 10.1. The van der Waals surface area contributed by atoms with Crippen LogP contribution in [0.1, 0.15) is 30.9 Å². The Balaban J connectivity index is 2.06. The number of oxazole rings is 1. The molecular formula is C21H23NO3S2. The Morgan fingerprint density at radius 3 is 2.15 bits per heavy atom. The molecule has 0 saturated heterocycles. The molecule has 1 aromatic heterocycles. The SMILES string of the molecule is CCCCSc1oc(-c2ccc(C)cc2)nc1S(=O)(=O)c1ccc(C)cc1. The standard InChI is InChI=1S/C21H23NO3S2/c1-4-5-14-26-21-20(27(23,24)18-12-8-16(3)9-13-18)22-19(25-21)17-10-6-15(2)7-11-17/h6-13H,4-5,14H2,1-3H3. The first-order chi connectivity index (χ1) is 12.9. The highest BCUT2D eigenvalue weighted by Gasteiger charge is 2.28. The molecule has 0 fully saturated rings. The lowest BCUT2D eigenvalue weighted by molar-refractivity contribution is 0.470. The molecule has 0 spiro atoms. The normalized spacial score (nSPS) is 11.7. The van der Waals surface area contributed by atoms with E-state index in [1.54, 1.807) is 24.3 Å². The van der Waals surface area contributed by atoms with Crippen LogP contribution in [0, 0.1) is 13.8 Å². The largest absolute Gasteiger partial charge is 0.428 e. The van der Waals surface area contributed by atoms with Gasteiger partial charge >= 0.3 is 0 Å². The van der Waals surface area contributed by atoms with E-state index in [2.05, 4.69) is 11.9 Å². The van der Waals surface area contributed by atoms with E-state index in [1.807, 2.05) is 38.1 Å². The Hall–Kier alpha value is -2.05. The van der Waals surface area contributed by atoms with Crippen LogP contribution in [-0.2, 0) is 9.84 Å². The third-order valence-electron chi connectivity index (χ3n) is 4.18. The van der Waals surface area contributed by atoms with E-state index in [0.29, 0.717) is 11.0 Å².